The highest BCUT2D eigenvalue weighted by Crippen LogP contribution is 2.21. The van der Waals surface area contributed by atoms with Crippen molar-refractivity contribution < 1.29 is 9.53 Å². The number of ether oxygens (including phenoxy) is 1. The molecule has 0 aromatic heterocycles. The molecule has 0 radical (unpaired) electrons. The number of piperidine rings is 2. The van der Waals surface area contributed by atoms with Gasteiger partial charge in [-0.15, -0.1) is 0 Å². The van der Waals surface area contributed by atoms with E-state index in [0.29, 0.717) is 5.92 Å². The standard InChI is InChI=1S/C16H31N3O2/c1-16(2,3)21-15(20)18-11-13-5-4-10-19(12-13)14-6-8-17-9-7-14/h13-14,17H,4-12H2,1-3H3,(H,18,20). The summed E-state index contributed by atoms with van der Waals surface area (Å²) in [6.07, 6.45) is 4.67. The number of carbonyl (C=O) groups is 1. The zero-order valence-electron chi connectivity index (χ0n) is 13.8. The van der Waals surface area contributed by atoms with Crippen LogP contribution in [-0.4, -0.2) is 55.4 Å². The molecule has 0 aromatic rings. The maximum atomic E-state index is 11.7. The smallest absolute Gasteiger partial charge is 0.407 e. The minimum Gasteiger partial charge on any atom is -0.444 e. The Balaban J connectivity index is 1.72. The van der Waals surface area contributed by atoms with Gasteiger partial charge in [0.1, 0.15) is 5.60 Å². The lowest BCUT2D eigenvalue weighted by Crippen LogP contribution is -2.49. The Morgan fingerprint density at radius 3 is 2.67 bits per heavy atom. The summed E-state index contributed by atoms with van der Waals surface area (Å²) in [6, 6.07) is 0.732. The predicted molar refractivity (Wildman–Crippen MR) is 84.4 cm³/mol. The Labute approximate surface area is 128 Å². The molecule has 1 unspecified atom stereocenters. The van der Waals surface area contributed by atoms with Gasteiger partial charge in [0, 0.05) is 19.1 Å². The molecule has 1 amide bonds. The second-order valence-corrected chi connectivity index (χ2v) is 7.37. The number of amides is 1. The molecule has 0 aliphatic carbocycles. The maximum absolute atomic E-state index is 11.7. The van der Waals surface area contributed by atoms with Gasteiger partial charge in [0.2, 0.25) is 0 Å². The van der Waals surface area contributed by atoms with E-state index in [1.807, 2.05) is 20.8 Å². The fourth-order valence-electron chi connectivity index (χ4n) is 3.31. The summed E-state index contributed by atoms with van der Waals surface area (Å²) >= 11 is 0. The van der Waals surface area contributed by atoms with Crippen molar-refractivity contribution in [2.45, 2.75) is 58.1 Å². The van der Waals surface area contributed by atoms with Gasteiger partial charge in [-0.3, -0.25) is 4.90 Å². The first kappa shape index (κ1) is 16.6. The van der Waals surface area contributed by atoms with Crippen molar-refractivity contribution in [3.05, 3.63) is 0 Å². The van der Waals surface area contributed by atoms with Gasteiger partial charge in [-0.2, -0.15) is 0 Å². The van der Waals surface area contributed by atoms with Crippen molar-refractivity contribution in [3.8, 4) is 0 Å². The third kappa shape index (κ3) is 5.83. The van der Waals surface area contributed by atoms with Crippen LogP contribution < -0.4 is 10.6 Å². The van der Waals surface area contributed by atoms with Crippen LogP contribution in [0, 0.1) is 5.92 Å². The number of alkyl carbamates (subject to hydrolysis) is 1. The Morgan fingerprint density at radius 2 is 2.00 bits per heavy atom. The van der Waals surface area contributed by atoms with Gasteiger partial charge in [0.05, 0.1) is 0 Å². The molecule has 1 atom stereocenters. The van der Waals surface area contributed by atoms with Crippen LogP contribution in [0.25, 0.3) is 0 Å². The van der Waals surface area contributed by atoms with E-state index in [-0.39, 0.29) is 6.09 Å². The monoisotopic (exact) mass is 297 g/mol. The molecule has 0 aromatic carbocycles. The summed E-state index contributed by atoms with van der Waals surface area (Å²) in [5.41, 5.74) is -0.419. The number of nitrogens with one attached hydrogen (secondary N) is 2. The van der Waals surface area contributed by atoms with Crippen molar-refractivity contribution in [3.63, 3.8) is 0 Å². The fraction of sp³-hybridized carbons (Fsp3) is 0.938. The topological polar surface area (TPSA) is 53.6 Å². The fourth-order valence-corrected chi connectivity index (χ4v) is 3.31. The number of hydrogen-bond donors (Lipinski definition) is 2. The summed E-state index contributed by atoms with van der Waals surface area (Å²) in [6.45, 7) is 11.0. The van der Waals surface area contributed by atoms with Crippen LogP contribution in [0.5, 0.6) is 0 Å². The van der Waals surface area contributed by atoms with Gasteiger partial charge in [-0.05, 0) is 72.0 Å². The van der Waals surface area contributed by atoms with Gasteiger partial charge in [0.15, 0.2) is 0 Å². The molecule has 2 fully saturated rings. The van der Waals surface area contributed by atoms with E-state index < -0.39 is 5.60 Å². The zero-order chi connectivity index (χ0) is 15.3. The molecule has 0 bridgehead atoms. The lowest BCUT2D eigenvalue weighted by molar-refractivity contribution is 0.0494. The molecule has 2 aliphatic heterocycles. The number of carbonyl (C=O) groups excluding carboxylic acids is 1. The molecule has 2 aliphatic rings. The Kier molecular flexibility index (Phi) is 5.88. The van der Waals surface area contributed by atoms with E-state index >= 15 is 0 Å². The summed E-state index contributed by atoms with van der Waals surface area (Å²) in [7, 11) is 0. The molecule has 2 saturated heterocycles. The van der Waals surface area contributed by atoms with Gasteiger partial charge >= 0.3 is 6.09 Å². The Morgan fingerprint density at radius 1 is 1.29 bits per heavy atom. The van der Waals surface area contributed by atoms with Crippen LogP contribution in [0.4, 0.5) is 4.79 Å². The average molecular weight is 297 g/mol. The summed E-state index contributed by atoms with van der Waals surface area (Å²) in [5, 5.41) is 6.36. The first-order valence-electron chi connectivity index (χ1n) is 8.35. The number of hydrogen-bond acceptors (Lipinski definition) is 4. The molecule has 21 heavy (non-hydrogen) atoms. The summed E-state index contributed by atoms with van der Waals surface area (Å²) in [5.74, 6) is 0.557. The lowest BCUT2D eigenvalue weighted by atomic mass is 9.94. The van der Waals surface area contributed by atoms with Crippen molar-refractivity contribution in [1.29, 1.82) is 0 Å². The number of likely N-dealkylation sites (tertiary alicyclic amines) is 1. The highest BCUT2D eigenvalue weighted by Gasteiger charge is 2.27. The van der Waals surface area contributed by atoms with E-state index in [2.05, 4.69) is 15.5 Å². The van der Waals surface area contributed by atoms with E-state index in [0.717, 1.165) is 32.2 Å². The number of nitrogens with zero attached hydrogens (tertiary/aromatic N) is 1. The van der Waals surface area contributed by atoms with Crippen molar-refractivity contribution in [2.75, 3.05) is 32.7 Å². The number of rotatable bonds is 3. The van der Waals surface area contributed by atoms with Crippen LogP contribution in [0.15, 0.2) is 0 Å². The third-order valence-electron chi connectivity index (χ3n) is 4.31. The SMILES string of the molecule is CC(C)(C)OC(=O)NCC1CCCN(C2CCNCC2)C1. The van der Waals surface area contributed by atoms with Crippen molar-refractivity contribution in [2.24, 2.45) is 5.92 Å². The Hall–Kier alpha value is -0.810. The molecule has 122 valence electrons. The van der Waals surface area contributed by atoms with Crippen molar-refractivity contribution in [1.82, 2.24) is 15.5 Å². The first-order chi connectivity index (χ1) is 9.94. The Bertz CT molecular complexity index is 335. The first-order valence-corrected chi connectivity index (χ1v) is 8.35. The third-order valence-corrected chi connectivity index (χ3v) is 4.31. The quantitative estimate of drug-likeness (QED) is 0.836. The van der Waals surface area contributed by atoms with Gasteiger partial charge in [0.25, 0.3) is 0 Å². The highest BCUT2D eigenvalue weighted by molar-refractivity contribution is 5.67. The van der Waals surface area contributed by atoms with Crippen LogP contribution >= 0.6 is 0 Å². The average Bonchev–Trinajstić information content (AvgIpc) is 2.45. The van der Waals surface area contributed by atoms with E-state index in [1.165, 1.54) is 32.2 Å². The molecule has 2 rings (SSSR count). The highest BCUT2D eigenvalue weighted by atomic mass is 16.6. The molecule has 2 heterocycles. The van der Waals surface area contributed by atoms with E-state index in [1.54, 1.807) is 0 Å². The van der Waals surface area contributed by atoms with Crippen molar-refractivity contribution >= 4 is 6.09 Å². The zero-order valence-corrected chi connectivity index (χ0v) is 13.8. The molecule has 5 nitrogen and oxygen atoms in total. The minimum atomic E-state index is -0.419. The molecular formula is C16H31N3O2. The molecule has 5 heteroatoms. The lowest BCUT2D eigenvalue weighted by Gasteiger charge is -2.40. The molecular weight excluding hydrogens is 266 g/mol. The molecule has 0 spiro atoms. The van der Waals surface area contributed by atoms with Gasteiger partial charge in [-0.25, -0.2) is 4.79 Å². The van der Waals surface area contributed by atoms with Crippen LogP contribution in [-0.2, 0) is 4.74 Å². The van der Waals surface area contributed by atoms with E-state index in [9.17, 15) is 4.79 Å². The second kappa shape index (κ2) is 7.45. The normalized spacial score (nSPS) is 25.6. The van der Waals surface area contributed by atoms with Crippen LogP contribution in [0.2, 0.25) is 0 Å². The summed E-state index contributed by atoms with van der Waals surface area (Å²) < 4.78 is 5.30. The maximum Gasteiger partial charge on any atom is 0.407 e. The molecule has 2 N–H and O–H groups in total. The van der Waals surface area contributed by atoms with Crippen LogP contribution in [0.1, 0.15) is 46.5 Å². The predicted octanol–water partition coefficient (Wildman–Crippen LogP) is 1.98. The van der Waals surface area contributed by atoms with Crippen LogP contribution in [0.3, 0.4) is 0 Å². The van der Waals surface area contributed by atoms with E-state index in [4.69, 9.17) is 4.74 Å². The minimum absolute atomic E-state index is 0.290. The van der Waals surface area contributed by atoms with Gasteiger partial charge in [-0.1, -0.05) is 0 Å². The largest absolute Gasteiger partial charge is 0.444 e. The molecule has 0 saturated carbocycles. The second-order valence-electron chi connectivity index (χ2n) is 7.37. The van der Waals surface area contributed by atoms with Gasteiger partial charge < -0.3 is 15.4 Å². The summed E-state index contributed by atoms with van der Waals surface area (Å²) in [4.78, 5) is 14.4.